The van der Waals surface area contributed by atoms with Gasteiger partial charge in [-0.05, 0) is 24.1 Å². The zero-order chi connectivity index (χ0) is 15.3. The number of nitrogens with one attached hydrogen (secondary N) is 2. The van der Waals surface area contributed by atoms with Crippen molar-refractivity contribution in [2.24, 2.45) is 5.92 Å². The van der Waals surface area contributed by atoms with Gasteiger partial charge in [-0.1, -0.05) is 43.5 Å². The summed E-state index contributed by atoms with van der Waals surface area (Å²) in [5.74, 6) is -1.25. The van der Waals surface area contributed by atoms with E-state index in [9.17, 15) is 9.59 Å². The number of hydrogen-bond donors (Lipinski definition) is 3. The zero-order valence-corrected chi connectivity index (χ0v) is 12.6. The molecule has 1 rings (SSSR count). The molecule has 2 atom stereocenters. The normalized spacial score (nSPS) is 13.4. The Balaban J connectivity index is 2.73. The minimum Gasteiger partial charge on any atom is -0.480 e. The topological polar surface area (TPSA) is 78.4 Å². The Labute approximate surface area is 127 Å². The van der Waals surface area contributed by atoms with Gasteiger partial charge in [-0.15, -0.1) is 0 Å². The van der Waals surface area contributed by atoms with Crippen LogP contribution in [0, 0.1) is 5.92 Å². The first-order chi connectivity index (χ1) is 9.33. The largest absolute Gasteiger partial charge is 0.480 e. The molecule has 0 radical (unpaired) electrons. The molecule has 0 fully saturated rings. The summed E-state index contributed by atoms with van der Waals surface area (Å²) < 4.78 is 0. The Kier molecular flexibility index (Phi) is 6.10. The van der Waals surface area contributed by atoms with Gasteiger partial charge in [-0.25, -0.2) is 9.59 Å². The molecule has 0 bridgehead atoms. The van der Waals surface area contributed by atoms with Crippen molar-refractivity contribution >= 4 is 40.9 Å². The number of rotatable bonds is 5. The van der Waals surface area contributed by atoms with Gasteiger partial charge in [-0.3, -0.25) is 0 Å². The Morgan fingerprint density at radius 2 is 1.80 bits per heavy atom. The van der Waals surface area contributed by atoms with Crippen LogP contribution in [-0.4, -0.2) is 23.1 Å². The molecule has 20 heavy (non-hydrogen) atoms. The molecule has 110 valence electrons. The van der Waals surface area contributed by atoms with Gasteiger partial charge in [0.25, 0.3) is 0 Å². The third-order valence-corrected chi connectivity index (χ3v) is 3.32. The highest BCUT2D eigenvalue weighted by Crippen LogP contribution is 2.22. The van der Waals surface area contributed by atoms with Crippen LogP contribution in [-0.2, 0) is 4.79 Å². The van der Waals surface area contributed by atoms with Crippen LogP contribution in [0.4, 0.5) is 10.5 Å². The fraction of sp³-hybridized carbons (Fsp3) is 0.385. The van der Waals surface area contributed by atoms with Crippen LogP contribution in [0.2, 0.25) is 10.0 Å². The van der Waals surface area contributed by atoms with Crippen molar-refractivity contribution in [3.63, 3.8) is 0 Å². The maximum atomic E-state index is 11.8. The van der Waals surface area contributed by atoms with Gasteiger partial charge in [0.05, 0.1) is 0 Å². The van der Waals surface area contributed by atoms with E-state index in [-0.39, 0.29) is 5.92 Å². The Bertz CT molecular complexity index is 488. The van der Waals surface area contributed by atoms with Crippen molar-refractivity contribution in [3.8, 4) is 0 Å². The predicted molar refractivity (Wildman–Crippen MR) is 79.5 cm³/mol. The maximum Gasteiger partial charge on any atom is 0.326 e. The first kappa shape index (κ1) is 16.6. The lowest BCUT2D eigenvalue weighted by molar-refractivity contribution is -0.140. The van der Waals surface area contributed by atoms with E-state index < -0.39 is 18.0 Å². The SMILES string of the molecule is CCC(C)[C@H](NC(=O)Nc1cc(Cl)cc(Cl)c1)C(=O)O. The van der Waals surface area contributed by atoms with Crippen molar-refractivity contribution in [1.82, 2.24) is 5.32 Å². The molecule has 0 aliphatic heterocycles. The van der Waals surface area contributed by atoms with E-state index in [1.54, 1.807) is 6.92 Å². The average molecular weight is 319 g/mol. The van der Waals surface area contributed by atoms with Crippen LogP contribution in [0.15, 0.2) is 18.2 Å². The average Bonchev–Trinajstić information content (AvgIpc) is 2.33. The molecule has 1 aromatic carbocycles. The molecule has 1 aromatic rings. The van der Waals surface area contributed by atoms with Crippen LogP contribution < -0.4 is 10.6 Å². The monoisotopic (exact) mass is 318 g/mol. The third kappa shape index (κ3) is 4.90. The molecule has 0 saturated heterocycles. The third-order valence-electron chi connectivity index (χ3n) is 2.89. The summed E-state index contributed by atoms with van der Waals surface area (Å²) in [6.45, 7) is 3.62. The highest BCUT2D eigenvalue weighted by atomic mass is 35.5. The standard InChI is InChI=1S/C13H16Cl2N2O3/c1-3-7(2)11(12(18)19)17-13(20)16-10-5-8(14)4-9(15)6-10/h4-7,11H,3H2,1-2H3,(H,18,19)(H2,16,17,20)/t7?,11-/m0/s1. The summed E-state index contributed by atoms with van der Waals surface area (Å²) in [4.78, 5) is 22.9. The summed E-state index contributed by atoms with van der Waals surface area (Å²) in [7, 11) is 0. The van der Waals surface area contributed by atoms with E-state index in [0.29, 0.717) is 22.2 Å². The van der Waals surface area contributed by atoms with Crippen molar-refractivity contribution in [2.45, 2.75) is 26.3 Å². The second kappa shape index (κ2) is 7.36. The smallest absolute Gasteiger partial charge is 0.326 e. The van der Waals surface area contributed by atoms with Gasteiger partial charge < -0.3 is 15.7 Å². The Morgan fingerprint density at radius 1 is 1.25 bits per heavy atom. The lowest BCUT2D eigenvalue weighted by Crippen LogP contribution is -2.46. The first-order valence-electron chi connectivity index (χ1n) is 6.10. The highest BCUT2D eigenvalue weighted by molar-refractivity contribution is 6.35. The molecule has 0 saturated carbocycles. The summed E-state index contributed by atoms with van der Waals surface area (Å²) in [5.41, 5.74) is 0.397. The number of carboxylic acids is 1. The Morgan fingerprint density at radius 3 is 2.25 bits per heavy atom. The molecule has 0 aromatic heterocycles. The van der Waals surface area contributed by atoms with Gasteiger partial charge in [0.1, 0.15) is 6.04 Å². The molecule has 0 spiro atoms. The van der Waals surface area contributed by atoms with E-state index in [1.807, 2.05) is 6.92 Å². The van der Waals surface area contributed by atoms with Gasteiger partial charge >= 0.3 is 12.0 Å². The van der Waals surface area contributed by atoms with Crippen LogP contribution in [0.1, 0.15) is 20.3 Å². The van der Waals surface area contributed by atoms with Gasteiger partial charge in [0.2, 0.25) is 0 Å². The molecular weight excluding hydrogens is 303 g/mol. The molecule has 2 amide bonds. The lowest BCUT2D eigenvalue weighted by Gasteiger charge is -2.20. The number of urea groups is 1. The Hall–Kier alpha value is -1.46. The van der Waals surface area contributed by atoms with Crippen LogP contribution in [0.3, 0.4) is 0 Å². The number of amides is 2. The quantitative estimate of drug-likeness (QED) is 0.775. The van der Waals surface area contributed by atoms with Crippen molar-refractivity contribution in [2.75, 3.05) is 5.32 Å². The molecular formula is C13H16Cl2N2O3. The minimum absolute atomic E-state index is 0.179. The summed E-state index contributed by atoms with van der Waals surface area (Å²) in [6.07, 6.45) is 0.639. The summed E-state index contributed by atoms with van der Waals surface area (Å²) in [6, 6.07) is 3.01. The zero-order valence-electron chi connectivity index (χ0n) is 11.1. The summed E-state index contributed by atoms with van der Waals surface area (Å²) >= 11 is 11.6. The summed E-state index contributed by atoms with van der Waals surface area (Å²) in [5, 5.41) is 14.8. The van der Waals surface area contributed by atoms with Crippen molar-refractivity contribution in [1.29, 1.82) is 0 Å². The van der Waals surface area contributed by atoms with Gasteiger partial charge in [0, 0.05) is 15.7 Å². The number of halogens is 2. The lowest BCUT2D eigenvalue weighted by atomic mass is 9.99. The number of anilines is 1. The second-order valence-electron chi connectivity index (χ2n) is 4.46. The number of hydrogen-bond acceptors (Lipinski definition) is 2. The fourth-order valence-electron chi connectivity index (χ4n) is 1.62. The minimum atomic E-state index is -1.07. The molecule has 3 N–H and O–H groups in total. The molecule has 7 heteroatoms. The van der Waals surface area contributed by atoms with Gasteiger partial charge in [-0.2, -0.15) is 0 Å². The van der Waals surface area contributed by atoms with Gasteiger partial charge in [0.15, 0.2) is 0 Å². The van der Waals surface area contributed by atoms with Crippen LogP contribution in [0.5, 0.6) is 0 Å². The van der Waals surface area contributed by atoms with E-state index in [4.69, 9.17) is 28.3 Å². The van der Waals surface area contributed by atoms with E-state index in [0.717, 1.165) is 0 Å². The van der Waals surface area contributed by atoms with Crippen molar-refractivity contribution < 1.29 is 14.7 Å². The number of carboxylic acid groups (broad SMARTS) is 1. The fourth-order valence-corrected chi connectivity index (χ4v) is 2.14. The van der Waals surface area contributed by atoms with Crippen LogP contribution in [0.25, 0.3) is 0 Å². The molecule has 1 unspecified atom stereocenters. The van der Waals surface area contributed by atoms with E-state index >= 15 is 0 Å². The number of benzene rings is 1. The first-order valence-corrected chi connectivity index (χ1v) is 6.85. The van der Waals surface area contributed by atoms with Crippen LogP contribution >= 0.6 is 23.2 Å². The van der Waals surface area contributed by atoms with E-state index in [2.05, 4.69) is 10.6 Å². The second-order valence-corrected chi connectivity index (χ2v) is 5.33. The molecule has 0 heterocycles. The molecule has 0 aliphatic carbocycles. The van der Waals surface area contributed by atoms with E-state index in [1.165, 1.54) is 18.2 Å². The molecule has 5 nitrogen and oxygen atoms in total. The molecule has 0 aliphatic rings. The maximum absolute atomic E-state index is 11.8. The number of carbonyl (C=O) groups excluding carboxylic acids is 1. The van der Waals surface area contributed by atoms with Crippen molar-refractivity contribution in [3.05, 3.63) is 28.2 Å². The highest BCUT2D eigenvalue weighted by Gasteiger charge is 2.25. The number of carbonyl (C=O) groups is 2. The predicted octanol–water partition coefficient (Wildman–Crippen LogP) is 3.61. The number of aliphatic carboxylic acids is 1.